The molecule has 0 aliphatic carbocycles. The standard InChI is InChI=1S/C21H21N5O3S/c1-13(2)12-25-5-6-29-18-8-15(10-22-21(18)25)14-3-4-17-16(7-14)11-23-26(17)20-9-19(27)24-30(20)28/h3-4,7-11,13H,5-6,12H2,1-2H3,(H,24,27). The fourth-order valence-electron chi connectivity index (χ4n) is 3.80. The van der Waals surface area contributed by atoms with Crippen molar-refractivity contribution < 1.29 is 13.7 Å². The Bertz CT molecular complexity index is 1220. The van der Waals surface area contributed by atoms with Gasteiger partial charge < -0.3 is 9.64 Å². The normalized spacial score (nSPS) is 18.4. The Labute approximate surface area is 176 Å². The largest absolute Gasteiger partial charge is 0.488 e. The van der Waals surface area contributed by atoms with Gasteiger partial charge in [-0.3, -0.25) is 9.52 Å². The first-order valence-corrected chi connectivity index (χ1v) is 10.9. The first-order chi connectivity index (χ1) is 14.5. The molecule has 0 saturated carbocycles. The summed E-state index contributed by atoms with van der Waals surface area (Å²) in [6.07, 6.45) is 4.88. The predicted molar refractivity (Wildman–Crippen MR) is 116 cm³/mol. The summed E-state index contributed by atoms with van der Waals surface area (Å²) < 4.78 is 21.8. The highest BCUT2D eigenvalue weighted by atomic mass is 32.2. The van der Waals surface area contributed by atoms with Crippen molar-refractivity contribution in [2.45, 2.75) is 13.8 Å². The third kappa shape index (κ3) is 3.24. The van der Waals surface area contributed by atoms with Crippen LogP contribution in [0, 0.1) is 5.92 Å². The molecular weight excluding hydrogens is 402 g/mol. The number of pyridine rings is 1. The minimum Gasteiger partial charge on any atom is -0.488 e. The number of nitrogens with zero attached hydrogens (tertiary/aromatic N) is 4. The van der Waals surface area contributed by atoms with Crippen LogP contribution in [0.5, 0.6) is 5.75 Å². The molecule has 8 nitrogen and oxygen atoms in total. The molecule has 0 spiro atoms. The van der Waals surface area contributed by atoms with E-state index >= 15 is 0 Å². The first-order valence-electron chi connectivity index (χ1n) is 9.80. The number of amides is 1. The van der Waals surface area contributed by atoms with E-state index in [-0.39, 0.29) is 5.91 Å². The lowest BCUT2D eigenvalue weighted by Gasteiger charge is -2.31. The van der Waals surface area contributed by atoms with Crippen LogP contribution in [0.2, 0.25) is 0 Å². The molecule has 4 heterocycles. The van der Waals surface area contributed by atoms with E-state index in [2.05, 4.69) is 33.6 Å². The number of rotatable bonds is 4. The number of ether oxygens (including phenoxy) is 1. The molecule has 0 saturated heterocycles. The fourth-order valence-corrected chi connectivity index (χ4v) is 4.66. The SMILES string of the molecule is CC(C)CN1CCOc2cc(-c3ccc4c(cnn4C4=CC(=O)NS4=O)c3)cnc21. The Morgan fingerprint density at radius 2 is 2.10 bits per heavy atom. The molecule has 3 aromatic rings. The van der Waals surface area contributed by atoms with Gasteiger partial charge in [-0.15, -0.1) is 0 Å². The van der Waals surface area contributed by atoms with Crippen LogP contribution in [0.25, 0.3) is 27.1 Å². The van der Waals surface area contributed by atoms with E-state index in [1.807, 2.05) is 30.5 Å². The summed E-state index contributed by atoms with van der Waals surface area (Å²) in [6, 6.07) is 7.90. The Balaban J connectivity index is 1.49. The molecular formula is C21H21N5O3S. The Morgan fingerprint density at radius 1 is 1.23 bits per heavy atom. The van der Waals surface area contributed by atoms with Crippen LogP contribution in [0.1, 0.15) is 13.8 Å². The molecule has 30 heavy (non-hydrogen) atoms. The molecule has 0 radical (unpaired) electrons. The summed E-state index contributed by atoms with van der Waals surface area (Å²) in [4.78, 5) is 18.4. The van der Waals surface area contributed by atoms with Gasteiger partial charge in [0.05, 0.1) is 18.3 Å². The zero-order valence-electron chi connectivity index (χ0n) is 16.7. The number of hydrogen-bond donors (Lipinski definition) is 1. The minimum absolute atomic E-state index is 0.330. The van der Waals surface area contributed by atoms with Crippen molar-refractivity contribution in [3.8, 4) is 16.9 Å². The van der Waals surface area contributed by atoms with E-state index in [9.17, 15) is 9.00 Å². The molecule has 0 bridgehead atoms. The van der Waals surface area contributed by atoms with E-state index in [0.717, 1.165) is 46.7 Å². The van der Waals surface area contributed by atoms with Crippen molar-refractivity contribution in [2.75, 3.05) is 24.6 Å². The van der Waals surface area contributed by atoms with E-state index < -0.39 is 11.0 Å². The van der Waals surface area contributed by atoms with Crippen LogP contribution < -0.4 is 14.4 Å². The average Bonchev–Trinajstić information content (AvgIpc) is 3.28. The van der Waals surface area contributed by atoms with Gasteiger partial charge in [-0.1, -0.05) is 19.9 Å². The van der Waals surface area contributed by atoms with Crippen LogP contribution in [-0.2, 0) is 15.8 Å². The van der Waals surface area contributed by atoms with Crippen LogP contribution >= 0.6 is 0 Å². The maximum atomic E-state index is 12.1. The summed E-state index contributed by atoms with van der Waals surface area (Å²) in [7, 11) is -1.60. The Kier molecular flexibility index (Phi) is 4.54. The minimum atomic E-state index is -1.60. The molecule has 2 aromatic heterocycles. The van der Waals surface area contributed by atoms with Gasteiger partial charge in [-0.05, 0) is 29.7 Å². The molecule has 9 heteroatoms. The monoisotopic (exact) mass is 423 g/mol. The first kappa shape index (κ1) is 18.8. The number of fused-ring (bicyclic) bond motifs is 2. The molecule has 1 amide bonds. The fraction of sp³-hybridized carbons (Fsp3) is 0.286. The van der Waals surface area contributed by atoms with Gasteiger partial charge in [0, 0.05) is 29.8 Å². The molecule has 5 rings (SSSR count). The highest BCUT2D eigenvalue weighted by molar-refractivity contribution is 7.93. The highest BCUT2D eigenvalue weighted by Crippen LogP contribution is 2.35. The average molecular weight is 423 g/mol. The van der Waals surface area contributed by atoms with Gasteiger partial charge in [0.1, 0.15) is 6.61 Å². The number of carbonyl (C=O) groups is 1. The van der Waals surface area contributed by atoms with Gasteiger partial charge in [0.2, 0.25) is 0 Å². The van der Waals surface area contributed by atoms with Crippen LogP contribution in [-0.4, -0.2) is 44.6 Å². The van der Waals surface area contributed by atoms with Crippen LogP contribution in [0.3, 0.4) is 0 Å². The quantitative estimate of drug-likeness (QED) is 0.694. The predicted octanol–water partition coefficient (Wildman–Crippen LogP) is 2.54. The second kappa shape index (κ2) is 7.24. The summed E-state index contributed by atoms with van der Waals surface area (Å²) in [6.45, 7) is 6.83. The molecule has 1 atom stereocenters. The summed E-state index contributed by atoms with van der Waals surface area (Å²) in [5.74, 6) is 1.85. The van der Waals surface area contributed by atoms with Gasteiger partial charge in [-0.2, -0.15) is 5.10 Å². The zero-order valence-corrected chi connectivity index (χ0v) is 17.5. The van der Waals surface area contributed by atoms with Crippen molar-refractivity contribution in [3.63, 3.8) is 0 Å². The number of hydrogen-bond acceptors (Lipinski definition) is 6. The lowest BCUT2D eigenvalue weighted by Crippen LogP contribution is -2.36. The number of benzene rings is 1. The molecule has 2 aliphatic rings. The zero-order chi connectivity index (χ0) is 20.8. The highest BCUT2D eigenvalue weighted by Gasteiger charge is 2.24. The van der Waals surface area contributed by atoms with Crippen molar-refractivity contribution in [1.82, 2.24) is 19.5 Å². The van der Waals surface area contributed by atoms with Crippen molar-refractivity contribution >= 4 is 38.6 Å². The molecule has 154 valence electrons. The smallest absolute Gasteiger partial charge is 0.258 e. The lowest BCUT2D eigenvalue weighted by atomic mass is 10.1. The number of aromatic nitrogens is 3. The third-order valence-corrected chi connectivity index (χ3v) is 6.14. The maximum absolute atomic E-state index is 12.1. The number of anilines is 1. The Hall–Kier alpha value is -3.20. The lowest BCUT2D eigenvalue weighted by molar-refractivity contribution is -0.114. The maximum Gasteiger partial charge on any atom is 0.258 e. The van der Waals surface area contributed by atoms with E-state index in [0.29, 0.717) is 17.6 Å². The molecule has 1 aromatic carbocycles. The Morgan fingerprint density at radius 3 is 2.87 bits per heavy atom. The van der Waals surface area contributed by atoms with Gasteiger partial charge in [0.25, 0.3) is 5.91 Å². The van der Waals surface area contributed by atoms with E-state index in [1.165, 1.54) is 10.8 Å². The molecule has 2 aliphatic heterocycles. The van der Waals surface area contributed by atoms with Crippen molar-refractivity contribution in [3.05, 3.63) is 42.7 Å². The van der Waals surface area contributed by atoms with Crippen molar-refractivity contribution in [2.24, 2.45) is 5.92 Å². The second-order valence-electron chi connectivity index (χ2n) is 7.78. The molecule has 1 unspecified atom stereocenters. The second-order valence-corrected chi connectivity index (χ2v) is 8.94. The summed E-state index contributed by atoms with van der Waals surface area (Å²) in [5.41, 5.74) is 2.72. The van der Waals surface area contributed by atoms with Gasteiger partial charge in [0.15, 0.2) is 27.6 Å². The van der Waals surface area contributed by atoms with E-state index in [1.54, 1.807) is 6.20 Å². The topological polar surface area (TPSA) is 89.4 Å². The molecule has 0 fully saturated rings. The summed E-state index contributed by atoms with van der Waals surface area (Å²) in [5, 5.41) is 5.53. The number of nitrogens with one attached hydrogen (secondary N) is 1. The molecule has 1 N–H and O–H groups in total. The number of carbonyl (C=O) groups excluding carboxylic acids is 1. The summed E-state index contributed by atoms with van der Waals surface area (Å²) >= 11 is 0. The van der Waals surface area contributed by atoms with E-state index in [4.69, 9.17) is 4.74 Å². The van der Waals surface area contributed by atoms with Crippen LogP contribution in [0.15, 0.2) is 42.7 Å². The van der Waals surface area contributed by atoms with Gasteiger partial charge in [-0.25, -0.2) is 13.9 Å². The van der Waals surface area contributed by atoms with Crippen molar-refractivity contribution in [1.29, 1.82) is 0 Å². The third-order valence-electron chi connectivity index (χ3n) is 5.08. The van der Waals surface area contributed by atoms with Crippen LogP contribution in [0.4, 0.5) is 5.82 Å². The van der Waals surface area contributed by atoms with Gasteiger partial charge >= 0.3 is 0 Å².